The van der Waals surface area contributed by atoms with Crippen molar-refractivity contribution >= 4 is 30.7 Å². The van der Waals surface area contributed by atoms with Crippen molar-refractivity contribution in [3.05, 3.63) is 72.1 Å². The van der Waals surface area contributed by atoms with Crippen LogP contribution in [0.25, 0.3) is 28.3 Å². The van der Waals surface area contributed by atoms with Gasteiger partial charge in [0.25, 0.3) is 5.91 Å². The number of amides is 1. The zero-order valence-corrected chi connectivity index (χ0v) is 21.9. The first-order valence-electron chi connectivity index (χ1n) is 11.8. The summed E-state index contributed by atoms with van der Waals surface area (Å²) in [5, 5.41) is 11.3. The Labute approximate surface area is 221 Å². The van der Waals surface area contributed by atoms with Crippen LogP contribution >= 0.6 is 13.5 Å². The first kappa shape index (κ1) is 26.1. The van der Waals surface area contributed by atoms with Crippen molar-refractivity contribution in [2.75, 3.05) is 18.5 Å². The number of aryl methyl sites for hydroxylation is 3. The number of nitrogens with one attached hydrogen (secondary N) is 1. The molecule has 1 aliphatic rings. The normalized spacial score (nSPS) is 12.6. The van der Waals surface area contributed by atoms with Gasteiger partial charge in [0.05, 0.1) is 11.9 Å². The fraction of sp³-hybridized carbons (Fsp3) is 0.269. The number of benzene rings is 1. The SMILES string of the molecule is C1CCOC1.Cc1nc(-c2ccc(C)c(NC(=O)c3cnc4cc(-c5ccn(C)n5)ccn34)c2)no1.S. The van der Waals surface area contributed by atoms with E-state index in [9.17, 15) is 4.79 Å². The van der Waals surface area contributed by atoms with Crippen LogP contribution in [0.15, 0.2) is 59.5 Å². The monoisotopic (exact) mass is 519 g/mol. The summed E-state index contributed by atoms with van der Waals surface area (Å²) in [5.74, 6) is 0.699. The summed E-state index contributed by atoms with van der Waals surface area (Å²) in [5.41, 5.74) is 5.24. The summed E-state index contributed by atoms with van der Waals surface area (Å²) in [4.78, 5) is 21.7. The Hall–Kier alpha value is -3.96. The first-order chi connectivity index (χ1) is 17.5. The molecule has 0 spiro atoms. The van der Waals surface area contributed by atoms with Crippen LogP contribution in [-0.2, 0) is 11.8 Å². The second-order valence-electron chi connectivity index (χ2n) is 8.60. The number of hydrogen-bond acceptors (Lipinski definition) is 7. The summed E-state index contributed by atoms with van der Waals surface area (Å²) in [6, 6.07) is 11.4. The fourth-order valence-electron chi connectivity index (χ4n) is 3.89. The number of carbonyl (C=O) groups excluding carboxylic acids is 1. The molecular formula is C26H29N7O3S. The molecule has 0 aliphatic carbocycles. The van der Waals surface area contributed by atoms with Crippen molar-refractivity contribution in [2.45, 2.75) is 26.7 Å². The molecule has 192 valence electrons. The second kappa shape index (κ2) is 11.4. The Bertz CT molecular complexity index is 1510. The largest absolute Gasteiger partial charge is 0.381 e. The summed E-state index contributed by atoms with van der Waals surface area (Å²) in [7, 11) is 1.87. The maximum absolute atomic E-state index is 13.0. The molecule has 0 bridgehead atoms. The van der Waals surface area contributed by atoms with E-state index in [1.54, 1.807) is 22.2 Å². The van der Waals surface area contributed by atoms with Crippen molar-refractivity contribution in [3.8, 4) is 22.6 Å². The van der Waals surface area contributed by atoms with Gasteiger partial charge in [-0.3, -0.25) is 13.9 Å². The smallest absolute Gasteiger partial charge is 0.274 e. The van der Waals surface area contributed by atoms with E-state index in [1.807, 2.05) is 62.8 Å². The molecule has 0 radical (unpaired) electrons. The molecule has 1 aromatic carbocycles. The lowest BCUT2D eigenvalue weighted by atomic mass is 10.1. The van der Waals surface area contributed by atoms with Gasteiger partial charge in [0.15, 0.2) is 0 Å². The molecule has 1 N–H and O–H groups in total. The van der Waals surface area contributed by atoms with E-state index >= 15 is 0 Å². The third-order valence-electron chi connectivity index (χ3n) is 5.85. The fourth-order valence-corrected chi connectivity index (χ4v) is 3.89. The molecule has 1 amide bonds. The van der Waals surface area contributed by atoms with Crippen molar-refractivity contribution in [1.29, 1.82) is 0 Å². The third-order valence-corrected chi connectivity index (χ3v) is 5.85. The van der Waals surface area contributed by atoms with Gasteiger partial charge < -0.3 is 14.6 Å². The topological polar surface area (TPSA) is 112 Å². The van der Waals surface area contributed by atoms with Gasteiger partial charge >= 0.3 is 0 Å². The van der Waals surface area contributed by atoms with E-state index < -0.39 is 0 Å². The van der Waals surface area contributed by atoms with Crippen LogP contribution in [0.1, 0.15) is 34.8 Å². The van der Waals surface area contributed by atoms with Gasteiger partial charge in [-0.25, -0.2) is 4.98 Å². The average molecular weight is 520 g/mol. The minimum absolute atomic E-state index is 0. The Morgan fingerprint density at radius 3 is 2.49 bits per heavy atom. The van der Waals surface area contributed by atoms with Gasteiger partial charge in [-0.1, -0.05) is 17.3 Å². The minimum Gasteiger partial charge on any atom is -0.381 e. The highest BCUT2D eigenvalue weighted by Gasteiger charge is 2.16. The average Bonchev–Trinajstić information content (AvgIpc) is 3.68. The van der Waals surface area contributed by atoms with Gasteiger partial charge in [0.1, 0.15) is 11.3 Å². The molecule has 0 unspecified atom stereocenters. The summed E-state index contributed by atoms with van der Waals surface area (Å²) >= 11 is 0. The zero-order chi connectivity index (χ0) is 25.1. The molecule has 0 atom stereocenters. The Balaban J connectivity index is 0.000000479. The van der Waals surface area contributed by atoms with Gasteiger partial charge in [0, 0.05) is 56.4 Å². The minimum atomic E-state index is -0.261. The van der Waals surface area contributed by atoms with Crippen LogP contribution in [0, 0.1) is 13.8 Å². The van der Waals surface area contributed by atoms with Crippen LogP contribution < -0.4 is 5.32 Å². The number of pyridine rings is 1. The molecule has 1 fully saturated rings. The van der Waals surface area contributed by atoms with Gasteiger partial charge in [0.2, 0.25) is 11.7 Å². The molecule has 11 heteroatoms. The maximum atomic E-state index is 13.0. The quantitative estimate of drug-likeness (QED) is 0.370. The zero-order valence-electron chi connectivity index (χ0n) is 20.9. The number of nitrogens with zero attached hydrogens (tertiary/aromatic N) is 6. The summed E-state index contributed by atoms with van der Waals surface area (Å²) < 4.78 is 13.5. The van der Waals surface area contributed by atoms with E-state index in [0.29, 0.717) is 28.7 Å². The molecule has 5 aromatic rings. The Morgan fingerprint density at radius 1 is 1.03 bits per heavy atom. The predicted octanol–water partition coefficient (Wildman–Crippen LogP) is 4.56. The van der Waals surface area contributed by atoms with Crippen LogP contribution in [-0.4, -0.2) is 48.4 Å². The third kappa shape index (κ3) is 5.89. The van der Waals surface area contributed by atoms with E-state index in [0.717, 1.165) is 35.6 Å². The van der Waals surface area contributed by atoms with Crippen molar-refractivity contribution < 1.29 is 14.1 Å². The molecule has 0 saturated carbocycles. The number of ether oxygens (including phenoxy) is 1. The molecule has 6 rings (SSSR count). The number of anilines is 1. The van der Waals surface area contributed by atoms with Crippen molar-refractivity contribution in [1.82, 2.24) is 29.3 Å². The second-order valence-corrected chi connectivity index (χ2v) is 8.60. The predicted molar refractivity (Wildman–Crippen MR) is 145 cm³/mol. The summed E-state index contributed by atoms with van der Waals surface area (Å²) in [6.07, 6.45) is 7.83. The number of carbonyl (C=O) groups is 1. The van der Waals surface area contributed by atoms with Gasteiger partial charge in [-0.05, 0) is 49.6 Å². The molecule has 4 aromatic heterocycles. The Kier molecular flexibility index (Phi) is 8.04. The van der Waals surface area contributed by atoms with E-state index in [2.05, 4.69) is 25.5 Å². The van der Waals surface area contributed by atoms with Crippen LogP contribution in [0.2, 0.25) is 0 Å². The summed E-state index contributed by atoms with van der Waals surface area (Å²) in [6.45, 7) is 5.66. The highest BCUT2D eigenvalue weighted by molar-refractivity contribution is 7.59. The number of fused-ring (bicyclic) bond motifs is 1. The van der Waals surface area contributed by atoms with E-state index in [1.165, 1.54) is 12.8 Å². The van der Waals surface area contributed by atoms with E-state index in [4.69, 9.17) is 9.26 Å². The number of imidazole rings is 1. The highest BCUT2D eigenvalue weighted by Crippen LogP contribution is 2.25. The first-order valence-corrected chi connectivity index (χ1v) is 11.8. The number of aromatic nitrogens is 6. The number of hydrogen-bond donors (Lipinski definition) is 1. The highest BCUT2D eigenvalue weighted by atomic mass is 32.1. The standard InChI is InChI=1S/C22H19N7O2.C4H8O.H2S/c1-13-4-5-16(21-24-14(2)31-27-21)10-18(13)25-22(30)19-12-23-20-11-15(6-9-29(19)20)17-7-8-28(3)26-17;1-2-4-5-3-1;/h4-12H,1-3H3,(H,25,30);1-4H2;1H2. The van der Waals surface area contributed by atoms with Gasteiger partial charge in [-0.2, -0.15) is 23.6 Å². The molecule has 37 heavy (non-hydrogen) atoms. The van der Waals surface area contributed by atoms with Crippen LogP contribution in [0.5, 0.6) is 0 Å². The van der Waals surface area contributed by atoms with E-state index in [-0.39, 0.29) is 19.4 Å². The lowest BCUT2D eigenvalue weighted by Gasteiger charge is -2.09. The maximum Gasteiger partial charge on any atom is 0.274 e. The number of rotatable bonds is 4. The van der Waals surface area contributed by atoms with Crippen LogP contribution in [0.4, 0.5) is 5.69 Å². The molecule has 5 heterocycles. The Morgan fingerprint density at radius 2 is 1.84 bits per heavy atom. The molecule has 10 nitrogen and oxygen atoms in total. The lowest BCUT2D eigenvalue weighted by molar-refractivity contribution is 0.102. The van der Waals surface area contributed by atoms with Gasteiger partial charge in [-0.15, -0.1) is 0 Å². The van der Waals surface area contributed by atoms with Crippen molar-refractivity contribution in [2.24, 2.45) is 7.05 Å². The molecule has 1 aliphatic heterocycles. The van der Waals surface area contributed by atoms with Crippen LogP contribution in [0.3, 0.4) is 0 Å². The lowest BCUT2D eigenvalue weighted by Crippen LogP contribution is -2.15. The molecule has 1 saturated heterocycles. The molecular weight excluding hydrogens is 490 g/mol. The van der Waals surface area contributed by atoms with Crippen molar-refractivity contribution in [3.63, 3.8) is 0 Å².